The van der Waals surface area contributed by atoms with Gasteiger partial charge in [-0.05, 0) is 64.0 Å². The van der Waals surface area contributed by atoms with Crippen molar-refractivity contribution in [3.63, 3.8) is 0 Å². The monoisotopic (exact) mass is 506 g/mol. The molecule has 196 valence electrons. The molecule has 5 rings (SSSR count). The molecule has 9 heteroatoms. The summed E-state index contributed by atoms with van der Waals surface area (Å²) < 4.78 is 27.1. The molecule has 2 aromatic heterocycles. The summed E-state index contributed by atoms with van der Waals surface area (Å²) in [4.78, 5) is 19.0. The van der Waals surface area contributed by atoms with Crippen molar-refractivity contribution in [2.75, 3.05) is 51.3 Å². The number of likely N-dealkylation sites (N-methyl/N-ethyl adjacent to an activating group) is 1. The number of halogens is 1. The molecule has 0 radical (unpaired) electrons. The highest BCUT2D eigenvalue weighted by molar-refractivity contribution is 5.91. The summed E-state index contributed by atoms with van der Waals surface area (Å²) in [5.41, 5.74) is 2.10. The number of nitrogens with zero attached hydrogens (tertiary/aromatic N) is 5. The van der Waals surface area contributed by atoms with E-state index >= 15 is 4.39 Å². The summed E-state index contributed by atoms with van der Waals surface area (Å²) in [6.07, 6.45) is 3.89. The number of rotatable bonds is 8. The number of hydrogen-bond donors (Lipinski definition) is 1. The maximum atomic E-state index is 15.2. The topological polar surface area (TPSA) is 75.6 Å². The molecule has 0 aliphatic carbocycles. The smallest absolute Gasteiger partial charge is 0.320 e. The number of pyridine rings is 1. The molecule has 4 heterocycles. The van der Waals surface area contributed by atoms with Crippen molar-refractivity contribution in [3.8, 4) is 23.0 Å². The molecule has 1 aromatic carbocycles. The van der Waals surface area contributed by atoms with E-state index in [0.717, 1.165) is 55.8 Å². The zero-order valence-electron chi connectivity index (χ0n) is 21.8. The number of hydrogen-bond acceptors (Lipinski definition) is 8. The van der Waals surface area contributed by atoms with Crippen molar-refractivity contribution in [1.82, 2.24) is 25.2 Å². The van der Waals surface area contributed by atoms with Crippen LogP contribution in [0, 0.1) is 12.7 Å². The van der Waals surface area contributed by atoms with Gasteiger partial charge in [0.1, 0.15) is 30.6 Å². The summed E-state index contributed by atoms with van der Waals surface area (Å²) in [6.45, 7) is 12.2. The number of aromatic nitrogens is 3. The zero-order valence-corrected chi connectivity index (χ0v) is 21.8. The minimum atomic E-state index is -0.401. The lowest BCUT2D eigenvalue weighted by molar-refractivity contribution is 0.188. The Hall–Kier alpha value is -3.30. The van der Waals surface area contributed by atoms with Crippen LogP contribution in [-0.2, 0) is 0 Å². The summed E-state index contributed by atoms with van der Waals surface area (Å²) >= 11 is 0. The van der Waals surface area contributed by atoms with Crippen molar-refractivity contribution >= 4 is 16.9 Å². The third-order valence-electron chi connectivity index (χ3n) is 7.26. The van der Waals surface area contributed by atoms with E-state index in [0.29, 0.717) is 41.3 Å². The van der Waals surface area contributed by atoms with Gasteiger partial charge in [-0.15, -0.1) is 0 Å². The second kappa shape index (κ2) is 11.0. The van der Waals surface area contributed by atoms with E-state index in [9.17, 15) is 0 Å². The molecule has 0 unspecified atom stereocenters. The molecule has 0 spiro atoms. The summed E-state index contributed by atoms with van der Waals surface area (Å²) in [6, 6.07) is 7.67. The lowest BCUT2D eigenvalue weighted by atomic mass is 10.0. The molecule has 1 N–H and O–H groups in total. The molecule has 2 fully saturated rings. The first-order valence-corrected chi connectivity index (χ1v) is 13.0. The number of likely N-dealkylation sites (tertiary alicyclic amines) is 1. The van der Waals surface area contributed by atoms with Gasteiger partial charge < -0.3 is 24.6 Å². The Morgan fingerprint density at radius 3 is 2.84 bits per heavy atom. The van der Waals surface area contributed by atoms with Crippen LogP contribution in [-0.4, -0.2) is 78.4 Å². The molecule has 3 aromatic rings. The SMILES string of the molecule is C=CCOc1cccc(F)c1-c1nc2nc(OC[C@@H]3CCCN3C)nc(N3CCNC[C@H]3C)c2cc1C. The third-order valence-corrected chi connectivity index (χ3v) is 7.26. The van der Waals surface area contributed by atoms with E-state index < -0.39 is 5.82 Å². The van der Waals surface area contributed by atoms with Gasteiger partial charge >= 0.3 is 6.01 Å². The standard InChI is InChI=1S/C28H35FN6O2/c1-5-14-36-23-10-6-9-22(29)24(23)25-18(2)15-21-26(31-25)32-28(37-17-20-8-7-12-34(20)4)33-27(21)35-13-11-30-16-19(35)3/h5-6,9-10,15,19-20,30H,1,7-8,11-14,16-17H2,2-4H3/t19-,20+/m1/s1. The van der Waals surface area contributed by atoms with E-state index in [-0.39, 0.29) is 12.6 Å². The van der Waals surface area contributed by atoms with Gasteiger partial charge in [0, 0.05) is 31.7 Å². The van der Waals surface area contributed by atoms with Crippen LogP contribution < -0.4 is 19.7 Å². The Labute approximate surface area is 217 Å². The number of fused-ring (bicyclic) bond motifs is 1. The fourth-order valence-electron chi connectivity index (χ4n) is 5.18. The number of benzene rings is 1. The minimum Gasteiger partial charge on any atom is -0.489 e. The minimum absolute atomic E-state index is 0.242. The number of piperazine rings is 1. The van der Waals surface area contributed by atoms with Gasteiger partial charge in [-0.3, -0.25) is 0 Å². The first-order chi connectivity index (χ1) is 18.0. The number of ether oxygens (including phenoxy) is 2. The van der Waals surface area contributed by atoms with Crippen LogP contribution in [0.5, 0.6) is 11.8 Å². The second-order valence-electron chi connectivity index (χ2n) is 9.90. The Kier molecular flexibility index (Phi) is 7.53. The van der Waals surface area contributed by atoms with Crippen LogP contribution in [0.15, 0.2) is 36.9 Å². The predicted molar refractivity (Wildman–Crippen MR) is 144 cm³/mol. The lowest BCUT2D eigenvalue weighted by Gasteiger charge is -2.35. The van der Waals surface area contributed by atoms with Crippen molar-refractivity contribution in [3.05, 3.63) is 48.3 Å². The highest BCUT2D eigenvalue weighted by Gasteiger charge is 2.26. The number of aryl methyl sites for hydroxylation is 1. The fourth-order valence-corrected chi connectivity index (χ4v) is 5.18. The first-order valence-electron chi connectivity index (χ1n) is 13.0. The van der Waals surface area contributed by atoms with Crippen LogP contribution in [0.1, 0.15) is 25.3 Å². The molecule has 0 amide bonds. The molecular formula is C28H35FN6O2. The van der Waals surface area contributed by atoms with Gasteiger partial charge in [-0.25, -0.2) is 9.37 Å². The quantitative estimate of drug-likeness (QED) is 0.460. The maximum absolute atomic E-state index is 15.2. The largest absolute Gasteiger partial charge is 0.489 e. The predicted octanol–water partition coefficient (Wildman–Crippen LogP) is 3.98. The van der Waals surface area contributed by atoms with E-state index in [2.05, 4.69) is 35.7 Å². The van der Waals surface area contributed by atoms with E-state index in [1.54, 1.807) is 18.2 Å². The van der Waals surface area contributed by atoms with Crippen molar-refractivity contribution in [2.45, 2.75) is 38.8 Å². The fraction of sp³-hybridized carbons (Fsp3) is 0.464. The summed E-state index contributed by atoms with van der Waals surface area (Å²) in [7, 11) is 2.12. The van der Waals surface area contributed by atoms with Crippen molar-refractivity contribution in [2.24, 2.45) is 0 Å². The first kappa shape index (κ1) is 25.4. The van der Waals surface area contributed by atoms with Crippen LogP contribution in [0.2, 0.25) is 0 Å². The van der Waals surface area contributed by atoms with Gasteiger partial charge in [0.15, 0.2) is 5.65 Å². The highest BCUT2D eigenvalue weighted by Crippen LogP contribution is 2.37. The molecule has 37 heavy (non-hydrogen) atoms. The van der Waals surface area contributed by atoms with Gasteiger partial charge in [-0.1, -0.05) is 18.7 Å². The molecular weight excluding hydrogens is 471 g/mol. The average Bonchev–Trinajstić information content (AvgIpc) is 3.30. The average molecular weight is 507 g/mol. The Morgan fingerprint density at radius 2 is 2.08 bits per heavy atom. The highest BCUT2D eigenvalue weighted by atomic mass is 19.1. The van der Waals surface area contributed by atoms with Gasteiger partial charge in [0.25, 0.3) is 0 Å². The second-order valence-corrected chi connectivity index (χ2v) is 9.90. The Morgan fingerprint density at radius 1 is 1.22 bits per heavy atom. The van der Waals surface area contributed by atoms with E-state index in [1.165, 1.54) is 6.07 Å². The molecule has 2 aliphatic rings. The molecule has 0 bridgehead atoms. The lowest BCUT2D eigenvalue weighted by Crippen LogP contribution is -2.50. The number of nitrogens with one attached hydrogen (secondary N) is 1. The van der Waals surface area contributed by atoms with E-state index in [4.69, 9.17) is 24.4 Å². The van der Waals surface area contributed by atoms with Gasteiger partial charge in [-0.2, -0.15) is 9.97 Å². The number of anilines is 1. The Bertz CT molecular complexity index is 1290. The van der Waals surface area contributed by atoms with Gasteiger partial charge in [0.2, 0.25) is 0 Å². The molecule has 8 nitrogen and oxygen atoms in total. The van der Waals surface area contributed by atoms with Crippen LogP contribution >= 0.6 is 0 Å². The van der Waals surface area contributed by atoms with Crippen LogP contribution in [0.4, 0.5) is 10.2 Å². The Balaban J connectivity index is 1.61. The van der Waals surface area contributed by atoms with Gasteiger partial charge in [0.05, 0.1) is 16.6 Å². The molecule has 2 saturated heterocycles. The third kappa shape index (κ3) is 5.24. The molecule has 0 saturated carbocycles. The summed E-state index contributed by atoms with van der Waals surface area (Å²) in [5, 5.41) is 4.26. The molecule has 2 atom stereocenters. The normalized spacial score (nSPS) is 20.4. The van der Waals surface area contributed by atoms with Crippen molar-refractivity contribution < 1.29 is 13.9 Å². The molecule has 2 aliphatic heterocycles. The summed E-state index contributed by atoms with van der Waals surface area (Å²) in [5.74, 6) is 0.815. The zero-order chi connectivity index (χ0) is 25.9. The van der Waals surface area contributed by atoms with Crippen molar-refractivity contribution in [1.29, 1.82) is 0 Å². The van der Waals surface area contributed by atoms with E-state index in [1.807, 2.05) is 13.0 Å². The van der Waals surface area contributed by atoms with Crippen LogP contribution in [0.25, 0.3) is 22.3 Å². The maximum Gasteiger partial charge on any atom is 0.320 e. The van der Waals surface area contributed by atoms with Crippen LogP contribution in [0.3, 0.4) is 0 Å².